The molecule has 1 aromatic heterocycles. The lowest BCUT2D eigenvalue weighted by atomic mass is 9.97. The standard InChI is InChI=1S/C16H23NO4/c1-2-3-4-11-21-16(19)13-7-9-17(10-8-13)15(18)14-6-5-12-20-14/h5-6,12-13H,2-4,7-11H2,1H3. The van der Waals surface area contributed by atoms with Gasteiger partial charge in [0.25, 0.3) is 5.91 Å². The molecule has 0 bridgehead atoms. The quantitative estimate of drug-likeness (QED) is 0.597. The van der Waals surface area contributed by atoms with Gasteiger partial charge in [0.2, 0.25) is 0 Å². The van der Waals surface area contributed by atoms with Crippen LogP contribution in [0.3, 0.4) is 0 Å². The molecule has 116 valence electrons. The van der Waals surface area contributed by atoms with Crippen LogP contribution in [0.1, 0.15) is 49.6 Å². The van der Waals surface area contributed by atoms with E-state index in [4.69, 9.17) is 9.15 Å². The molecule has 1 aromatic rings. The predicted molar refractivity (Wildman–Crippen MR) is 77.8 cm³/mol. The molecule has 5 heteroatoms. The van der Waals surface area contributed by atoms with Crippen molar-refractivity contribution in [3.63, 3.8) is 0 Å². The minimum absolute atomic E-state index is 0.0766. The van der Waals surface area contributed by atoms with Crippen molar-refractivity contribution in [2.45, 2.75) is 39.0 Å². The Kier molecular flexibility index (Phi) is 5.84. The number of carbonyl (C=O) groups excluding carboxylic acids is 2. The second-order valence-electron chi connectivity index (χ2n) is 5.42. The lowest BCUT2D eigenvalue weighted by Crippen LogP contribution is -2.40. The maximum absolute atomic E-state index is 12.1. The van der Waals surface area contributed by atoms with Crippen LogP contribution in [0.15, 0.2) is 22.8 Å². The highest BCUT2D eigenvalue weighted by Gasteiger charge is 2.29. The highest BCUT2D eigenvalue weighted by atomic mass is 16.5. The van der Waals surface area contributed by atoms with E-state index in [1.165, 1.54) is 6.26 Å². The van der Waals surface area contributed by atoms with Crippen LogP contribution in [-0.4, -0.2) is 36.5 Å². The number of unbranched alkanes of at least 4 members (excludes halogenated alkanes) is 2. The Morgan fingerprint density at radius 1 is 1.33 bits per heavy atom. The van der Waals surface area contributed by atoms with Crippen LogP contribution in [0.5, 0.6) is 0 Å². The van der Waals surface area contributed by atoms with Gasteiger partial charge in [0, 0.05) is 13.1 Å². The molecule has 0 aliphatic carbocycles. The van der Waals surface area contributed by atoms with E-state index in [1.54, 1.807) is 17.0 Å². The number of rotatable bonds is 6. The topological polar surface area (TPSA) is 59.8 Å². The summed E-state index contributed by atoms with van der Waals surface area (Å²) >= 11 is 0. The average molecular weight is 293 g/mol. The van der Waals surface area contributed by atoms with E-state index in [-0.39, 0.29) is 17.8 Å². The number of piperidine rings is 1. The van der Waals surface area contributed by atoms with Crippen molar-refractivity contribution in [1.29, 1.82) is 0 Å². The van der Waals surface area contributed by atoms with Gasteiger partial charge in [-0.15, -0.1) is 0 Å². The van der Waals surface area contributed by atoms with Gasteiger partial charge in [-0.25, -0.2) is 0 Å². The fourth-order valence-corrected chi connectivity index (χ4v) is 2.52. The SMILES string of the molecule is CCCCCOC(=O)C1CCN(C(=O)c2ccco2)CC1. The minimum Gasteiger partial charge on any atom is -0.465 e. The Morgan fingerprint density at radius 2 is 2.10 bits per heavy atom. The third-order valence-electron chi connectivity index (χ3n) is 3.84. The van der Waals surface area contributed by atoms with Crippen molar-refractivity contribution < 1.29 is 18.7 Å². The van der Waals surface area contributed by atoms with Crippen molar-refractivity contribution >= 4 is 11.9 Å². The highest BCUT2D eigenvalue weighted by Crippen LogP contribution is 2.20. The molecule has 0 unspecified atom stereocenters. The molecule has 0 N–H and O–H groups in total. The first kappa shape index (κ1) is 15.6. The van der Waals surface area contributed by atoms with Crippen molar-refractivity contribution in [2.75, 3.05) is 19.7 Å². The van der Waals surface area contributed by atoms with Gasteiger partial charge in [0.05, 0.1) is 18.8 Å². The summed E-state index contributed by atoms with van der Waals surface area (Å²) < 4.78 is 10.4. The fourth-order valence-electron chi connectivity index (χ4n) is 2.52. The molecule has 0 aromatic carbocycles. The van der Waals surface area contributed by atoms with E-state index in [9.17, 15) is 9.59 Å². The van der Waals surface area contributed by atoms with E-state index in [0.29, 0.717) is 38.3 Å². The van der Waals surface area contributed by atoms with Crippen molar-refractivity contribution in [3.8, 4) is 0 Å². The molecule has 0 radical (unpaired) electrons. The molecule has 0 saturated carbocycles. The zero-order valence-electron chi connectivity index (χ0n) is 12.5. The molecule has 1 saturated heterocycles. The number of carbonyl (C=O) groups is 2. The van der Waals surface area contributed by atoms with Gasteiger partial charge >= 0.3 is 5.97 Å². The van der Waals surface area contributed by atoms with Crippen LogP contribution in [0, 0.1) is 5.92 Å². The van der Waals surface area contributed by atoms with Gasteiger partial charge in [0.15, 0.2) is 5.76 Å². The van der Waals surface area contributed by atoms with Gasteiger partial charge in [-0.05, 0) is 31.4 Å². The van der Waals surface area contributed by atoms with Crippen molar-refractivity contribution in [1.82, 2.24) is 4.90 Å². The minimum atomic E-state index is -0.115. The first-order valence-electron chi connectivity index (χ1n) is 7.71. The Labute approximate surface area is 125 Å². The molecule has 21 heavy (non-hydrogen) atoms. The van der Waals surface area contributed by atoms with Gasteiger partial charge in [0.1, 0.15) is 0 Å². The summed E-state index contributed by atoms with van der Waals surface area (Å²) in [6.45, 7) is 3.79. The predicted octanol–water partition coefficient (Wildman–Crippen LogP) is 2.87. The largest absolute Gasteiger partial charge is 0.465 e. The van der Waals surface area contributed by atoms with E-state index in [0.717, 1.165) is 19.3 Å². The van der Waals surface area contributed by atoms with Crippen LogP contribution < -0.4 is 0 Å². The Hall–Kier alpha value is -1.78. The Balaban J connectivity index is 1.72. The molecule has 1 fully saturated rings. The summed E-state index contributed by atoms with van der Waals surface area (Å²) in [5.41, 5.74) is 0. The van der Waals surface area contributed by atoms with E-state index < -0.39 is 0 Å². The van der Waals surface area contributed by atoms with Gasteiger partial charge in [-0.1, -0.05) is 19.8 Å². The zero-order chi connectivity index (χ0) is 15.1. The first-order chi connectivity index (χ1) is 10.2. The number of amides is 1. The molecule has 1 aliphatic heterocycles. The number of esters is 1. The highest BCUT2D eigenvalue weighted by molar-refractivity contribution is 5.91. The lowest BCUT2D eigenvalue weighted by Gasteiger charge is -2.30. The molecular weight excluding hydrogens is 270 g/mol. The van der Waals surface area contributed by atoms with Crippen LogP contribution in [0.4, 0.5) is 0 Å². The second kappa shape index (κ2) is 7.86. The molecular formula is C16H23NO4. The maximum atomic E-state index is 12.1. The molecule has 1 amide bonds. The monoisotopic (exact) mass is 293 g/mol. The van der Waals surface area contributed by atoms with Crippen LogP contribution in [0.25, 0.3) is 0 Å². The fraction of sp³-hybridized carbons (Fsp3) is 0.625. The van der Waals surface area contributed by atoms with Crippen LogP contribution in [0.2, 0.25) is 0 Å². The second-order valence-corrected chi connectivity index (χ2v) is 5.42. The third kappa shape index (κ3) is 4.34. The number of hydrogen-bond acceptors (Lipinski definition) is 4. The molecule has 0 atom stereocenters. The summed E-state index contributed by atoms with van der Waals surface area (Å²) in [6.07, 6.45) is 5.96. The average Bonchev–Trinajstić information content (AvgIpc) is 3.05. The Morgan fingerprint density at radius 3 is 2.71 bits per heavy atom. The normalized spacial score (nSPS) is 16.0. The summed E-state index contributed by atoms with van der Waals surface area (Å²) in [6, 6.07) is 3.37. The molecule has 2 heterocycles. The lowest BCUT2D eigenvalue weighted by molar-refractivity contribution is -0.150. The molecule has 2 rings (SSSR count). The summed E-state index contributed by atoms with van der Waals surface area (Å²) in [7, 11) is 0. The third-order valence-corrected chi connectivity index (χ3v) is 3.84. The number of nitrogens with zero attached hydrogens (tertiary/aromatic N) is 1. The van der Waals surface area contributed by atoms with Crippen molar-refractivity contribution in [2.24, 2.45) is 5.92 Å². The number of likely N-dealkylation sites (tertiary alicyclic amines) is 1. The smallest absolute Gasteiger partial charge is 0.309 e. The molecule has 1 aliphatic rings. The molecule has 0 spiro atoms. The van der Waals surface area contributed by atoms with E-state index >= 15 is 0 Å². The van der Waals surface area contributed by atoms with E-state index in [1.807, 2.05) is 0 Å². The van der Waals surface area contributed by atoms with Crippen LogP contribution >= 0.6 is 0 Å². The van der Waals surface area contributed by atoms with Gasteiger partial charge in [-0.3, -0.25) is 9.59 Å². The number of furan rings is 1. The summed E-state index contributed by atoms with van der Waals surface area (Å²) in [4.78, 5) is 25.8. The van der Waals surface area contributed by atoms with Gasteiger partial charge in [-0.2, -0.15) is 0 Å². The number of ether oxygens (including phenoxy) is 1. The number of hydrogen-bond donors (Lipinski definition) is 0. The zero-order valence-corrected chi connectivity index (χ0v) is 12.5. The summed E-state index contributed by atoms with van der Waals surface area (Å²) in [5, 5.41) is 0. The van der Waals surface area contributed by atoms with Gasteiger partial charge < -0.3 is 14.1 Å². The first-order valence-corrected chi connectivity index (χ1v) is 7.71. The van der Waals surface area contributed by atoms with Crippen molar-refractivity contribution in [3.05, 3.63) is 24.2 Å². The van der Waals surface area contributed by atoms with E-state index in [2.05, 4.69) is 6.92 Å². The maximum Gasteiger partial charge on any atom is 0.309 e. The Bertz CT molecular complexity index is 447. The van der Waals surface area contributed by atoms with Crippen LogP contribution in [-0.2, 0) is 9.53 Å². The summed E-state index contributed by atoms with van der Waals surface area (Å²) in [5.74, 6) is 0.0637. The molecule has 5 nitrogen and oxygen atoms in total.